The van der Waals surface area contributed by atoms with E-state index in [0.717, 1.165) is 19.8 Å². The molecule has 2 heterocycles. The molecule has 13 atom stereocenters. The smallest absolute Gasteiger partial charge is 0.364 e. The van der Waals surface area contributed by atoms with E-state index in [4.69, 9.17) is 23.7 Å². The molecule has 3 rings (SSSR count). The van der Waals surface area contributed by atoms with E-state index in [1.165, 1.54) is 0 Å². The fraction of sp³-hybridized carbons (Fsp3) is 0.926. The SMILES string of the molecule is CC(=O)N[C@H]1C([C@H](O)[C@H](O)CO)O[C@@](OCCCCOC2CCCC[C@H]2O[C@@H]2O[C@@H](C)[C@@H](O)[C@@H](O)[C@@H]2O)(C(=O)O)C[C@@H]1O. The predicted octanol–water partition coefficient (Wildman–Crippen LogP) is -2.90. The van der Waals surface area contributed by atoms with Gasteiger partial charge in [0.2, 0.25) is 5.91 Å². The molecule has 2 saturated heterocycles. The minimum absolute atomic E-state index is 0.136. The number of carboxylic acid groups (broad SMARTS) is 1. The Morgan fingerprint density at radius 2 is 1.65 bits per heavy atom. The van der Waals surface area contributed by atoms with Gasteiger partial charge in [-0.05, 0) is 32.6 Å². The molecule has 3 fully saturated rings. The number of ether oxygens (including phenoxy) is 5. The van der Waals surface area contributed by atoms with Crippen molar-refractivity contribution in [2.45, 2.75) is 138 Å². The number of carbonyl (C=O) groups is 2. The molecule has 9 N–H and O–H groups in total. The molecule has 0 radical (unpaired) electrons. The highest BCUT2D eigenvalue weighted by atomic mass is 16.7. The van der Waals surface area contributed by atoms with Crippen LogP contribution in [-0.4, -0.2) is 152 Å². The number of aliphatic hydroxyl groups is 7. The Bertz CT molecular complexity index is 896. The number of aliphatic hydroxyl groups excluding tert-OH is 7. The lowest BCUT2D eigenvalue weighted by Crippen LogP contribution is -2.67. The van der Waals surface area contributed by atoms with Crippen LogP contribution in [0.4, 0.5) is 0 Å². The van der Waals surface area contributed by atoms with Crippen LogP contribution in [0.15, 0.2) is 0 Å². The summed E-state index contributed by atoms with van der Waals surface area (Å²) in [7, 11) is 0. The van der Waals surface area contributed by atoms with Gasteiger partial charge in [0.25, 0.3) is 5.79 Å². The molecule has 0 aromatic heterocycles. The second kappa shape index (κ2) is 16.1. The molecule has 1 saturated carbocycles. The lowest BCUT2D eigenvalue weighted by atomic mass is 9.88. The molecular weight excluding hydrogens is 578 g/mol. The van der Waals surface area contributed by atoms with Crippen molar-refractivity contribution >= 4 is 11.9 Å². The van der Waals surface area contributed by atoms with Gasteiger partial charge in [-0.3, -0.25) is 4.79 Å². The van der Waals surface area contributed by atoms with Crippen molar-refractivity contribution in [2.75, 3.05) is 19.8 Å². The molecule has 16 heteroatoms. The lowest BCUT2D eigenvalue weighted by Gasteiger charge is -2.46. The van der Waals surface area contributed by atoms with Gasteiger partial charge in [0.1, 0.15) is 36.6 Å². The Kier molecular flexibility index (Phi) is 13.5. The van der Waals surface area contributed by atoms with Crippen LogP contribution in [0.25, 0.3) is 0 Å². The maximum absolute atomic E-state index is 12.2. The number of carbonyl (C=O) groups excluding carboxylic acids is 1. The third-order valence-electron chi connectivity index (χ3n) is 8.15. The van der Waals surface area contributed by atoms with Crippen LogP contribution in [0, 0.1) is 0 Å². The number of nitrogens with one attached hydrogen (secondary N) is 1. The van der Waals surface area contributed by atoms with E-state index >= 15 is 0 Å². The summed E-state index contributed by atoms with van der Waals surface area (Å²) in [6.07, 6.45) is -10.1. The minimum Gasteiger partial charge on any atom is -0.477 e. The summed E-state index contributed by atoms with van der Waals surface area (Å²) in [5.74, 6) is -4.57. The Morgan fingerprint density at radius 1 is 1.00 bits per heavy atom. The largest absolute Gasteiger partial charge is 0.477 e. The number of hydrogen-bond donors (Lipinski definition) is 9. The van der Waals surface area contributed by atoms with Crippen LogP contribution in [0.1, 0.15) is 58.8 Å². The predicted molar refractivity (Wildman–Crippen MR) is 143 cm³/mol. The van der Waals surface area contributed by atoms with Gasteiger partial charge >= 0.3 is 5.97 Å². The van der Waals surface area contributed by atoms with Gasteiger partial charge in [-0.15, -0.1) is 0 Å². The quantitative estimate of drug-likeness (QED) is 0.0878. The van der Waals surface area contributed by atoms with E-state index in [1.54, 1.807) is 6.92 Å². The van der Waals surface area contributed by atoms with Crippen molar-refractivity contribution in [1.82, 2.24) is 5.32 Å². The highest BCUT2D eigenvalue weighted by Gasteiger charge is 2.55. The zero-order chi connectivity index (χ0) is 31.9. The molecule has 0 aromatic carbocycles. The zero-order valence-electron chi connectivity index (χ0n) is 24.4. The van der Waals surface area contributed by atoms with Crippen molar-refractivity contribution in [3.8, 4) is 0 Å². The Hall–Kier alpha value is -1.54. The summed E-state index contributed by atoms with van der Waals surface area (Å²) in [6.45, 7) is 1.97. The molecule has 250 valence electrons. The summed E-state index contributed by atoms with van der Waals surface area (Å²) in [4.78, 5) is 23.9. The van der Waals surface area contributed by atoms with Crippen molar-refractivity contribution in [1.29, 1.82) is 0 Å². The third-order valence-corrected chi connectivity index (χ3v) is 8.15. The van der Waals surface area contributed by atoms with Gasteiger partial charge < -0.3 is 69.9 Å². The van der Waals surface area contributed by atoms with Gasteiger partial charge in [-0.1, -0.05) is 12.8 Å². The molecule has 2 unspecified atom stereocenters. The van der Waals surface area contributed by atoms with Crippen LogP contribution in [0.2, 0.25) is 0 Å². The minimum atomic E-state index is -2.39. The number of amides is 1. The highest BCUT2D eigenvalue weighted by Crippen LogP contribution is 2.34. The molecule has 3 aliphatic rings. The molecule has 2 aliphatic heterocycles. The summed E-state index contributed by atoms with van der Waals surface area (Å²) >= 11 is 0. The van der Waals surface area contributed by atoms with Crippen molar-refractivity contribution in [2.24, 2.45) is 0 Å². The van der Waals surface area contributed by atoms with Gasteiger partial charge in [0.15, 0.2) is 6.29 Å². The van der Waals surface area contributed by atoms with Gasteiger partial charge in [0.05, 0.1) is 43.7 Å². The fourth-order valence-electron chi connectivity index (χ4n) is 5.66. The van der Waals surface area contributed by atoms with Gasteiger partial charge in [-0.2, -0.15) is 0 Å². The molecule has 1 amide bonds. The fourth-order valence-corrected chi connectivity index (χ4v) is 5.66. The summed E-state index contributed by atoms with van der Waals surface area (Å²) in [5, 5.41) is 83.0. The Balaban J connectivity index is 1.52. The van der Waals surface area contributed by atoms with E-state index in [2.05, 4.69) is 5.32 Å². The first kappa shape index (κ1) is 35.9. The van der Waals surface area contributed by atoms with E-state index in [0.29, 0.717) is 25.7 Å². The van der Waals surface area contributed by atoms with Crippen LogP contribution in [-0.2, 0) is 33.3 Å². The van der Waals surface area contributed by atoms with E-state index < -0.39 is 98.0 Å². The second-order valence-electron chi connectivity index (χ2n) is 11.5. The van der Waals surface area contributed by atoms with Crippen LogP contribution in [0.5, 0.6) is 0 Å². The highest BCUT2D eigenvalue weighted by molar-refractivity contribution is 5.76. The normalized spacial score (nSPS) is 40.0. The number of hydrogen-bond acceptors (Lipinski definition) is 14. The lowest BCUT2D eigenvalue weighted by molar-refractivity contribution is -0.314. The molecule has 0 spiro atoms. The monoisotopic (exact) mass is 625 g/mol. The number of unbranched alkanes of at least 4 members (excludes halogenated alkanes) is 1. The Labute approximate surface area is 249 Å². The van der Waals surface area contributed by atoms with Crippen molar-refractivity contribution in [3.63, 3.8) is 0 Å². The first-order valence-corrected chi connectivity index (χ1v) is 14.7. The van der Waals surface area contributed by atoms with Gasteiger partial charge in [0, 0.05) is 20.0 Å². The van der Waals surface area contributed by atoms with E-state index in [9.17, 15) is 50.4 Å². The Morgan fingerprint density at radius 3 is 2.28 bits per heavy atom. The molecule has 0 aromatic rings. The topological polar surface area (TPSA) is 254 Å². The maximum atomic E-state index is 12.2. The average Bonchev–Trinajstić information content (AvgIpc) is 2.97. The van der Waals surface area contributed by atoms with Gasteiger partial charge in [-0.25, -0.2) is 4.79 Å². The zero-order valence-corrected chi connectivity index (χ0v) is 24.4. The maximum Gasteiger partial charge on any atom is 0.364 e. The standard InChI is InChI=1S/C27H47NO15/c1-13-20(33)22(35)23(36)25(41-13)42-18-8-4-3-7-17(18)39-9-5-6-10-40-27(26(37)38)11-15(31)19(28-14(2)30)24(43-27)21(34)16(32)12-29/h13,15-25,29,31-36H,3-12H2,1-2H3,(H,28,30)(H,37,38)/t13-,15-,16+,17?,18+,19+,20+,21+,22+,23-,24?,25-,27+/m0/s1. The van der Waals surface area contributed by atoms with Crippen LogP contribution < -0.4 is 5.32 Å². The molecule has 43 heavy (non-hydrogen) atoms. The molecular formula is C27H47NO15. The molecule has 1 aliphatic carbocycles. The average molecular weight is 626 g/mol. The number of aliphatic carboxylic acids is 1. The summed E-state index contributed by atoms with van der Waals surface area (Å²) < 4.78 is 28.7. The van der Waals surface area contributed by atoms with E-state index in [1.807, 2.05) is 0 Å². The molecule has 16 nitrogen and oxygen atoms in total. The van der Waals surface area contributed by atoms with E-state index in [-0.39, 0.29) is 19.3 Å². The first-order valence-electron chi connectivity index (χ1n) is 14.7. The van der Waals surface area contributed by atoms with Crippen molar-refractivity contribution in [3.05, 3.63) is 0 Å². The number of carboxylic acids is 1. The number of rotatable bonds is 14. The first-order chi connectivity index (χ1) is 20.3. The molecule has 0 bridgehead atoms. The summed E-state index contributed by atoms with van der Waals surface area (Å²) in [5.41, 5.74) is 0. The van der Waals surface area contributed by atoms with Crippen LogP contribution in [0.3, 0.4) is 0 Å². The summed E-state index contributed by atoms with van der Waals surface area (Å²) in [6, 6.07) is -1.28. The third kappa shape index (κ3) is 9.02. The second-order valence-corrected chi connectivity index (χ2v) is 11.5. The van der Waals surface area contributed by atoms with Crippen LogP contribution >= 0.6 is 0 Å². The van der Waals surface area contributed by atoms with Crippen molar-refractivity contribution < 1.29 is 74.1 Å².